The molecule has 1 aliphatic rings. The van der Waals surface area contributed by atoms with Crippen LogP contribution in [0.4, 0.5) is 0 Å². The molecule has 16 heavy (non-hydrogen) atoms. The molecule has 3 heteroatoms. The Morgan fingerprint density at radius 3 is 2.50 bits per heavy atom. The molecule has 0 N–H and O–H groups in total. The van der Waals surface area contributed by atoms with Crippen molar-refractivity contribution in [2.75, 3.05) is 13.7 Å². The van der Waals surface area contributed by atoms with Gasteiger partial charge in [0.05, 0.1) is 13.7 Å². The molecular weight excluding hydrogens is 202 g/mol. The minimum atomic E-state index is -0.223. The highest BCUT2D eigenvalue weighted by Crippen LogP contribution is 2.34. The van der Waals surface area contributed by atoms with Crippen molar-refractivity contribution in [2.45, 2.75) is 32.0 Å². The number of likely N-dealkylation sites (N-methyl/N-ethyl adjacent to an activating group) is 1. The Bertz CT molecular complexity index is 350. The maximum Gasteiger partial charge on any atom is 0.134 e. The van der Waals surface area contributed by atoms with Gasteiger partial charge in [0, 0.05) is 0 Å². The summed E-state index contributed by atoms with van der Waals surface area (Å²) in [4.78, 5) is 0. The number of nitrogens with zero attached hydrogens (tertiary/aromatic N) is 1. The van der Waals surface area contributed by atoms with E-state index in [9.17, 15) is 5.21 Å². The zero-order chi connectivity index (χ0) is 11.8. The average molecular weight is 221 g/mol. The summed E-state index contributed by atoms with van der Waals surface area (Å²) in [6, 6.07) is 9.94. The average Bonchev–Trinajstić information content (AvgIpc) is 2.28. The van der Waals surface area contributed by atoms with Gasteiger partial charge in [0.15, 0.2) is 0 Å². The summed E-state index contributed by atoms with van der Waals surface area (Å²) in [5.41, 5.74) is 1.10. The lowest BCUT2D eigenvalue weighted by molar-refractivity contribution is -0.921. The topological polar surface area (TPSA) is 32.3 Å². The van der Waals surface area contributed by atoms with Gasteiger partial charge in [0.2, 0.25) is 0 Å². The lowest BCUT2D eigenvalue weighted by atomic mass is 9.99. The number of rotatable bonds is 1. The summed E-state index contributed by atoms with van der Waals surface area (Å²) in [6.45, 7) is 4.45. The predicted octanol–water partition coefficient (Wildman–Crippen LogP) is 2.48. The maximum absolute atomic E-state index is 12.4. The molecule has 1 aliphatic heterocycles. The highest BCUT2D eigenvalue weighted by molar-refractivity contribution is 5.18. The van der Waals surface area contributed by atoms with E-state index in [-0.39, 0.29) is 22.8 Å². The Balaban J connectivity index is 2.25. The third-order valence-corrected chi connectivity index (χ3v) is 3.77. The first-order chi connectivity index (χ1) is 7.53. The Morgan fingerprint density at radius 1 is 1.25 bits per heavy atom. The van der Waals surface area contributed by atoms with Crippen LogP contribution in [0.15, 0.2) is 30.3 Å². The fourth-order valence-electron chi connectivity index (χ4n) is 2.22. The highest BCUT2D eigenvalue weighted by atomic mass is 16.6. The van der Waals surface area contributed by atoms with Crippen LogP contribution in [0.5, 0.6) is 0 Å². The lowest BCUT2D eigenvalue weighted by Crippen LogP contribution is -2.59. The van der Waals surface area contributed by atoms with Gasteiger partial charge >= 0.3 is 0 Å². The van der Waals surface area contributed by atoms with Gasteiger partial charge in [-0.3, -0.25) is 0 Å². The van der Waals surface area contributed by atoms with Crippen LogP contribution in [0.2, 0.25) is 0 Å². The summed E-state index contributed by atoms with van der Waals surface area (Å²) >= 11 is 0. The molecule has 4 atom stereocenters. The van der Waals surface area contributed by atoms with Crippen LogP contribution < -0.4 is 0 Å². The normalized spacial score (nSPS) is 39.6. The Morgan fingerprint density at radius 2 is 1.88 bits per heavy atom. The Kier molecular flexibility index (Phi) is 3.02. The monoisotopic (exact) mass is 221 g/mol. The van der Waals surface area contributed by atoms with Crippen molar-refractivity contribution in [3.63, 3.8) is 0 Å². The fraction of sp³-hybridized carbons (Fsp3) is 0.538. The standard InChI is InChI=1S/C13H19NO2/c1-10-9-16-13(11(2)14(10,3)15)12-7-5-4-6-8-12/h4-8,10-11,13H,9H2,1-3H3/t10-,11-,13+,14?/m0/s1. The minimum Gasteiger partial charge on any atom is -0.632 e. The Hall–Kier alpha value is -0.900. The fourth-order valence-corrected chi connectivity index (χ4v) is 2.22. The summed E-state index contributed by atoms with van der Waals surface area (Å²) in [7, 11) is 1.74. The van der Waals surface area contributed by atoms with Crippen LogP contribution >= 0.6 is 0 Å². The zero-order valence-corrected chi connectivity index (χ0v) is 10.1. The molecule has 1 heterocycles. The van der Waals surface area contributed by atoms with Gasteiger partial charge in [0.25, 0.3) is 0 Å². The maximum atomic E-state index is 12.4. The van der Waals surface area contributed by atoms with E-state index in [4.69, 9.17) is 4.74 Å². The third-order valence-electron chi connectivity index (χ3n) is 3.77. The molecule has 0 aliphatic carbocycles. The van der Waals surface area contributed by atoms with Crippen molar-refractivity contribution < 1.29 is 9.38 Å². The van der Waals surface area contributed by atoms with E-state index in [0.717, 1.165) is 5.56 Å². The second kappa shape index (κ2) is 4.17. The second-order valence-corrected chi connectivity index (χ2v) is 4.81. The third kappa shape index (κ3) is 1.86. The van der Waals surface area contributed by atoms with Crippen molar-refractivity contribution in [1.82, 2.24) is 0 Å². The van der Waals surface area contributed by atoms with E-state index < -0.39 is 0 Å². The number of hydrogen-bond donors (Lipinski definition) is 0. The van der Waals surface area contributed by atoms with E-state index in [2.05, 4.69) is 0 Å². The van der Waals surface area contributed by atoms with E-state index in [1.54, 1.807) is 7.05 Å². The molecule has 1 aromatic rings. The van der Waals surface area contributed by atoms with Crippen LogP contribution in [-0.2, 0) is 4.74 Å². The lowest BCUT2D eigenvalue weighted by Gasteiger charge is -2.54. The van der Waals surface area contributed by atoms with Gasteiger partial charge in [0.1, 0.15) is 18.2 Å². The molecule has 0 bridgehead atoms. The number of hydrogen-bond acceptors (Lipinski definition) is 2. The number of hydroxylamine groups is 3. The second-order valence-electron chi connectivity index (χ2n) is 4.81. The number of benzene rings is 1. The Labute approximate surface area is 96.8 Å². The summed E-state index contributed by atoms with van der Waals surface area (Å²) in [5, 5.41) is 12.4. The number of ether oxygens (including phenoxy) is 1. The minimum absolute atomic E-state index is 0.00922. The summed E-state index contributed by atoms with van der Waals surface area (Å²) < 4.78 is 5.59. The van der Waals surface area contributed by atoms with Gasteiger partial charge in [-0.05, 0) is 19.4 Å². The van der Waals surface area contributed by atoms with Crippen molar-refractivity contribution >= 4 is 0 Å². The molecule has 1 unspecified atom stereocenters. The van der Waals surface area contributed by atoms with E-state index in [0.29, 0.717) is 6.61 Å². The van der Waals surface area contributed by atoms with Crippen molar-refractivity contribution in [1.29, 1.82) is 0 Å². The van der Waals surface area contributed by atoms with Gasteiger partial charge < -0.3 is 14.6 Å². The highest BCUT2D eigenvalue weighted by Gasteiger charge is 2.39. The van der Waals surface area contributed by atoms with Crippen molar-refractivity contribution in [2.24, 2.45) is 0 Å². The van der Waals surface area contributed by atoms with E-state index in [1.807, 2.05) is 44.2 Å². The molecule has 1 saturated heterocycles. The molecule has 1 fully saturated rings. The molecule has 1 aromatic carbocycles. The van der Waals surface area contributed by atoms with Gasteiger partial charge in [-0.25, -0.2) is 0 Å². The van der Waals surface area contributed by atoms with Crippen molar-refractivity contribution in [3.8, 4) is 0 Å². The van der Waals surface area contributed by atoms with Crippen LogP contribution in [0.25, 0.3) is 0 Å². The first-order valence-corrected chi connectivity index (χ1v) is 5.77. The molecule has 0 spiro atoms. The van der Waals surface area contributed by atoms with Crippen molar-refractivity contribution in [3.05, 3.63) is 41.1 Å². The summed E-state index contributed by atoms with van der Waals surface area (Å²) in [5.74, 6) is 0. The van der Waals surface area contributed by atoms with E-state index in [1.165, 1.54) is 0 Å². The first kappa shape index (κ1) is 11.6. The van der Waals surface area contributed by atoms with Crippen LogP contribution in [0.1, 0.15) is 25.5 Å². The van der Waals surface area contributed by atoms with Gasteiger partial charge in [-0.2, -0.15) is 0 Å². The molecule has 3 nitrogen and oxygen atoms in total. The predicted molar refractivity (Wildman–Crippen MR) is 63.6 cm³/mol. The molecule has 0 amide bonds. The molecular formula is C13H19NO2. The summed E-state index contributed by atoms with van der Waals surface area (Å²) in [6.07, 6.45) is -0.0834. The number of morpholine rings is 1. The van der Waals surface area contributed by atoms with Crippen LogP contribution in [0, 0.1) is 5.21 Å². The van der Waals surface area contributed by atoms with Crippen LogP contribution in [0.3, 0.4) is 0 Å². The van der Waals surface area contributed by atoms with Gasteiger partial charge in [-0.15, -0.1) is 0 Å². The van der Waals surface area contributed by atoms with Gasteiger partial charge in [-0.1, -0.05) is 30.3 Å². The molecule has 88 valence electrons. The van der Waals surface area contributed by atoms with E-state index >= 15 is 0 Å². The first-order valence-electron chi connectivity index (χ1n) is 5.77. The molecule has 2 rings (SSSR count). The quantitative estimate of drug-likeness (QED) is 0.539. The smallest absolute Gasteiger partial charge is 0.134 e. The molecule has 0 aromatic heterocycles. The zero-order valence-electron chi connectivity index (χ0n) is 10.1. The molecule has 0 radical (unpaired) electrons. The van der Waals surface area contributed by atoms with Crippen LogP contribution in [-0.4, -0.2) is 30.4 Å². The molecule has 0 saturated carbocycles. The largest absolute Gasteiger partial charge is 0.632 e. The number of quaternary nitrogens is 1. The SMILES string of the molecule is C[C@H]1CO[C@@H](c2ccccc2)[C@H](C)[N+]1(C)[O-].